The van der Waals surface area contributed by atoms with Crippen LogP contribution >= 0.6 is 11.6 Å². The Morgan fingerprint density at radius 1 is 1.18 bits per heavy atom. The number of aliphatic imine (C=N–C) groups is 1. The van der Waals surface area contributed by atoms with Crippen molar-refractivity contribution in [1.29, 1.82) is 0 Å². The van der Waals surface area contributed by atoms with Crippen LogP contribution in [0.15, 0.2) is 52.4 Å². The number of hydrogen-bond acceptors (Lipinski definition) is 6. The monoisotopic (exact) mass is 636 g/mol. The first-order valence-electron chi connectivity index (χ1n) is 16.0. The van der Waals surface area contributed by atoms with E-state index in [-0.39, 0.29) is 29.1 Å². The van der Waals surface area contributed by atoms with E-state index in [4.69, 9.17) is 28.8 Å². The normalized spacial score (nSPS) is 20.9. The Labute approximate surface area is 269 Å². The van der Waals surface area contributed by atoms with Crippen LogP contribution in [-0.4, -0.2) is 40.5 Å². The molecule has 0 amide bonds. The van der Waals surface area contributed by atoms with Gasteiger partial charge in [0.25, 0.3) is 0 Å². The number of aliphatic hydroxyl groups is 1. The Kier molecular flexibility index (Phi) is 10.8. The van der Waals surface area contributed by atoms with Crippen LogP contribution in [0, 0.1) is 5.82 Å². The summed E-state index contributed by atoms with van der Waals surface area (Å²) < 4.78 is 15.2. The third-order valence-electron chi connectivity index (χ3n) is 8.69. The number of aliphatic hydroxyl groups excluding tert-OH is 1. The molecule has 0 saturated carbocycles. The number of hydrogen-bond donors (Lipinski definition) is 6. The zero-order valence-corrected chi connectivity index (χ0v) is 26.9. The maximum Gasteiger partial charge on any atom is 0.231 e. The van der Waals surface area contributed by atoms with Crippen LogP contribution in [0.1, 0.15) is 82.4 Å². The lowest BCUT2D eigenvalue weighted by Gasteiger charge is -2.33. The minimum absolute atomic E-state index is 0.0758. The topological polar surface area (TPSA) is 154 Å². The molecule has 1 saturated heterocycles. The largest absolute Gasteiger partial charge is 0.370 e. The van der Waals surface area contributed by atoms with Crippen molar-refractivity contribution in [1.82, 2.24) is 10.3 Å². The van der Waals surface area contributed by atoms with Crippen LogP contribution in [-0.2, 0) is 6.42 Å². The smallest absolute Gasteiger partial charge is 0.231 e. The lowest BCUT2D eigenvalue weighted by Crippen LogP contribution is -2.41. The number of nitrogens with two attached hydrogens (primary N) is 3. The van der Waals surface area contributed by atoms with Crippen LogP contribution in [0.2, 0.25) is 5.02 Å². The molecule has 0 bridgehead atoms. The van der Waals surface area contributed by atoms with E-state index >= 15 is 4.39 Å². The molecule has 0 aliphatic carbocycles. The van der Waals surface area contributed by atoms with E-state index < -0.39 is 12.2 Å². The van der Waals surface area contributed by atoms with Gasteiger partial charge in [0.2, 0.25) is 6.35 Å². The molecule has 2 aliphatic heterocycles. The van der Waals surface area contributed by atoms with Gasteiger partial charge < -0.3 is 37.5 Å². The number of nitrogens with zero attached hydrogens (tertiary/aromatic N) is 3. The van der Waals surface area contributed by atoms with Gasteiger partial charge in [-0.15, -0.1) is 0 Å². The fourth-order valence-electron chi connectivity index (χ4n) is 6.48. The van der Waals surface area contributed by atoms with Gasteiger partial charge in [-0.05, 0) is 93.3 Å². The quantitative estimate of drug-likeness (QED) is 0.129. The molecular weight excluding hydrogens is 591 g/mol. The second kappa shape index (κ2) is 14.8. The molecule has 9 nitrogen and oxygen atoms in total. The summed E-state index contributed by atoms with van der Waals surface area (Å²) >= 11 is 6.28. The molecule has 45 heavy (non-hydrogen) atoms. The van der Waals surface area contributed by atoms with Gasteiger partial charge in [0.05, 0.1) is 16.8 Å². The summed E-state index contributed by atoms with van der Waals surface area (Å²) in [6, 6.07) is 14.3. The van der Waals surface area contributed by atoms with Gasteiger partial charge in [-0.3, -0.25) is 4.99 Å². The van der Waals surface area contributed by atoms with Crippen LogP contribution in [0.25, 0.3) is 17.5 Å². The van der Waals surface area contributed by atoms with Crippen molar-refractivity contribution >= 4 is 29.4 Å². The highest BCUT2D eigenvalue weighted by Crippen LogP contribution is 2.31. The summed E-state index contributed by atoms with van der Waals surface area (Å²) in [4.78, 5) is 13.8. The number of aryl methyl sites for hydroxylation is 1. The maximum absolute atomic E-state index is 15.2. The number of piperidine rings is 1. The summed E-state index contributed by atoms with van der Waals surface area (Å²) in [5, 5.41) is 15.6. The third-order valence-corrected chi connectivity index (χ3v) is 8.96. The zero-order valence-electron chi connectivity index (χ0n) is 26.1. The number of halogens is 2. The molecule has 1 aromatic heterocycles. The number of anilines is 1. The average Bonchev–Trinajstić information content (AvgIpc) is 3.41. The second-order valence-corrected chi connectivity index (χ2v) is 12.9. The first-order valence-corrected chi connectivity index (χ1v) is 16.4. The fraction of sp³-hybridized carbons (Fsp3) is 0.471. The summed E-state index contributed by atoms with van der Waals surface area (Å²) in [6.07, 6.45) is 9.40. The van der Waals surface area contributed by atoms with Crippen molar-refractivity contribution in [2.24, 2.45) is 27.2 Å². The van der Waals surface area contributed by atoms with E-state index in [2.05, 4.69) is 39.3 Å². The van der Waals surface area contributed by atoms with Crippen molar-refractivity contribution < 1.29 is 9.50 Å². The summed E-state index contributed by atoms with van der Waals surface area (Å²) in [5.41, 5.74) is 21.6. The Hall–Kier alpha value is -3.44. The summed E-state index contributed by atoms with van der Waals surface area (Å²) in [7, 11) is 0. The van der Waals surface area contributed by atoms with E-state index in [9.17, 15) is 5.11 Å². The molecule has 11 heteroatoms. The lowest BCUT2D eigenvalue weighted by atomic mass is 9.90. The van der Waals surface area contributed by atoms with E-state index in [0.717, 1.165) is 74.3 Å². The van der Waals surface area contributed by atoms with E-state index in [1.165, 1.54) is 5.56 Å². The minimum Gasteiger partial charge on any atom is -0.370 e. The second-order valence-electron chi connectivity index (χ2n) is 12.5. The van der Waals surface area contributed by atoms with Crippen molar-refractivity contribution in [3.8, 4) is 11.3 Å². The van der Waals surface area contributed by atoms with Gasteiger partial charge in [-0.2, -0.15) is 0 Å². The van der Waals surface area contributed by atoms with Crippen molar-refractivity contribution in [2.75, 3.05) is 4.90 Å². The van der Waals surface area contributed by atoms with Crippen LogP contribution in [0.3, 0.4) is 0 Å². The summed E-state index contributed by atoms with van der Waals surface area (Å²) in [6.45, 7) is 4.12. The molecule has 5 rings (SSSR count). The van der Waals surface area contributed by atoms with Crippen LogP contribution in [0.5, 0.6) is 0 Å². The van der Waals surface area contributed by atoms with E-state index in [1.54, 1.807) is 11.0 Å². The number of benzene rings is 2. The first kappa shape index (κ1) is 32.9. The number of rotatable bonds is 12. The third kappa shape index (κ3) is 8.24. The van der Waals surface area contributed by atoms with Crippen molar-refractivity contribution in [3.05, 3.63) is 75.1 Å². The van der Waals surface area contributed by atoms with Gasteiger partial charge >= 0.3 is 0 Å². The molecule has 1 unspecified atom stereocenters. The number of nitrogens with one attached hydrogen (secondary N) is 2. The van der Waals surface area contributed by atoms with Gasteiger partial charge in [-0.25, -0.2) is 9.38 Å². The highest BCUT2D eigenvalue weighted by Gasteiger charge is 2.25. The molecule has 0 radical (unpaired) electrons. The van der Waals surface area contributed by atoms with Crippen LogP contribution in [0.4, 0.5) is 10.1 Å². The first-order chi connectivity index (χ1) is 21.6. The fourth-order valence-corrected chi connectivity index (χ4v) is 6.72. The molecule has 3 aromatic rings. The minimum atomic E-state index is -1.13. The molecule has 5 atom stereocenters. The maximum atomic E-state index is 15.2. The standard InChI is InChI=1S/C34H46ClFN8O/c1-3-6-24(41-33(38)39)18-25-9-5-10-29(40-25)22-11-13-26(14-12-22)44-19-23-17-30(42-32(23)43-34(44)45)27-15-21(8-4-7-20(2)37)16-28(35)31(27)36/h11-17,19-20,24-25,29,34,40,45H,3-10,18,37H2,1-2H3,(H,42,43)(H4,38,39,41)/t20-,24+,25-,29-,34?/m0/s1. The van der Waals surface area contributed by atoms with Crippen molar-refractivity contribution in [2.45, 2.75) is 102 Å². The molecule has 3 heterocycles. The predicted octanol–water partition coefficient (Wildman–Crippen LogP) is 4.31. The SMILES string of the molecule is CCC[C@H](C[C@@H]1CCC[C@@H](c2ccc(N3C=c4cc(-c5cc(CCC[C@H](C)N)cc(Cl)c5F)[nH]c4=NC3O)cc2)N1)N=C(N)N. The van der Waals surface area contributed by atoms with Gasteiger partial charge in [0.15, 0.2) is 11.8 Å². The van der Waals surface area contributed by atoms with Gasteiger partial charge in [0, 0.05) is 40.8 Å². The van der Waals surface area contributed by atoms with Gasteiger partial charge in [0.1, 0.15) is 5.49 Å². The molecule has 9 N–H and O–H groups in total. The van der Waals surface area contributed by atoms with Gasteiger partial charge in [-0.1, -0.05) is 43.5 Å². The number of aromatic nitrogens is 1. The molecule has 242 valence electrons. The molecule has 2 aromatic carbocycles. The number of H-pyrrole nitrogens is 1. The predicted molar refractivity (Wildman–Crippen MR) is 181 cm³/mol. The molecule has 2 aliphatic rings. The Morgan fingerprint density at radius 2 is 1.96 bits per heavy atom. The number of aromatic amines is 1. The highest BCUT2D eigenvalue weighted by atomic mass is 35.5. The average molecular weight is 637 g/mol. The molecule has 0 spiro atoms. The number of guanidine groups is 1. The van der Waals surface area contributed by atoms with E-state index in [0.29, 0.717) is 22.8 Å². The van der Waals surface area contributed by atoms with Crippen LogP contribution < -0.4 is 38.1 Å². The lowest BCUT2D eigenvalue weighted by molar-refractivity contribution is 0.186. The Bertz CT molecular complexity index is 1600. The molecular formula is C34H46ClFN8O. The van der Waals surface area contributed by atoms with E-state index in [1.807, 2.05) is 37.4 Å². The van der Waals surface area contributed by atoms with Crippen molar-refractivity contribution in [3.63, 3.8) is 0 Å². The summed E-state index contributed by atoms with van der Waals surface area (Å²) in [5.74, 6) is -0.341. The zero-order chi connectivity index (χ0) is 32.1. The Morgan fingerprint density at radius 3 is 2.67 bits per heavy atom. The molecule has 1 fully saturated rings. The highest BCUT2D eigenvalue weighted by molar-refractivity contribution is 6.31. The Balaban J connectivity index is 1.31. The number of fused-ring (bicyclic) bond motifs is 1.